The van der Waals surface area contributed by atoms with E-state index in [2.05, 4.69) is 34.2 Å². The molecule has 0 unspecified atom stereocenters. The molecule has 5 nitrogen and oxygen atoms in total. The molecule has 0 aliphatic heterocycles. The van der Waals surface area contributed by atoms with Gasteiger partial charge in [0.15, 0.2) is 5.96 Å². The summed E-state index contributed by atoms with van der Waals surface area (Å²) < 4.78 is 5.52. The summed E-state index contributed by atoms with van der Waals surface area (Å²) >= 11 is 0. The molecule has 1 N–H and O–H groups in total. The van der Waals surface area contributed by atoms with Crippen LogP contribution < -0.4 is 10.1 Å². The lowest BCUT2D eigenvalue weighted by atomic mass is 10.2. The molecule has 0 aliphatic rings. The highest BCUT2D eigenvalue weighted by molar-refractivity contribution is 14.0. The number of aliphatic imine (C=N–C) groups is 1. The van der Waals surface area contributed by atoms with E-state index < -0.39 is 0 Å². The molecule has 0 atom stereocenters. The molecule has 0 fully saturated rings. The third kappa shape index (κ3) is 6.97. The zero-order chi connectivity index (χ0) is 14.8. The Morgan fingerprint density at radius 1 is 1.43 bits per heavy atom. The quantitative estimate of drug-likeness (QED) is 0.430. The van der Waals surface area contributed by atoms with Gasteiger partial charge in [-0.25, -0.2) is 4.98 Å². The van der Waals surface area contributed by atoms with E-state index in [0.29, 0.717) is 19.0 Å². The van der Waals surface area contributed by atoms with Crippen LogP contribution in [0.25, 0.3) is 0 Å². The molecule has 1 aromatic heterocycles. The van der Waals surface area contributed by atoms with E-state index in [9.17, 15) is 0 Å². The molecule has 0 aromatic carbocycles. The average molecular weight is 406 g/mol. The Kier molecular flexibility index (Phi) is 11.0. The van der Waals surface area contributed by atoms with Gasteiger partial charge in [0.2, 0.25) is 5.88 Å². The van der Waals surface area contributed by atoms with Gasteiger partial charge in [-0.05, 0) is 19.4 Å². The smallest absolute Gasteiger partial charge is 0.218 e. The summed E-state index contributed by atoms with van der Waals surface area (Å²) in [6.07, 6.45) is 4.09. The van der Waals surface area contributed by atoms with Gasteiger partial charge in [-0.1, -0.05) is 19.4 Å². The van der Waals surface area contributed by atoms with Gasteiger partial charge >= 0.3 is 0 Å². The maximum Gasteiger partial charge on any atom is 0.218 e. The monoisotopic (exact) mass is 406 g/mol. The molecular formula is C15H27IN4O. The maximum absolute atomic E-state index is 5.52. The number of halogens is 1. The molecule has 120 valence electrons. The van der Waals surface area contributed by atoms with Crippen molar-refractivity contribution < 1.29 is 4.74 Å². The fourth-order valence-corrected chi connectivity index (χ4v) is 1.89. The van der Waals surface area contributed by atoms with Crippen molar-refractivity contribution in [3.05, 3.63) is 23.9 Å². The van der Waals surface area contributed by atoms with Crippen molar-refractivity contribution in [3.63, 3.8) is 0 Å². The Labute approximate surface area is 145 Å². The minimum absolute atomic E-state index is 0. The Morgan fingerprint density at radius 3 is 2.81 bits per heavy atom. The molecule has 21 heavy (non-hydrogen) atoms. The molecule has 0 amide bonds. The van der Waals surface area contributed by atoms with E-state index in [1.165, 1.54) is 6.42 Å². The average Bonchev–Trinajstić information content (AvgIpc) is 2.47. The number of guanidine groups is 1. The van der Waals surface area contributed by atoms with Crippen LogP contribution in [0.1, 0.15) is 32.3 Å². The fraction of sp³-hybridized carbons (Fsp3) is 0.600. The topological polar surface area (TPSA) is 49.8 Å². The van der Waals surface area contributed by atoms with Crippen molar-refractivity contribution in [3.8, 4) is 5.88 Å². The van der Waals surface area contributed by atoms with Crippen molar-refractivity contribution in [1.29, 1.82) is 0 Å². The summed E-state index contributed by atoms with van der Waals surface area (Å²) in [5.41, 5.74) is 1.04. The third-order valence-corrected chi connectivity index (χ3v) is 2.99. The van der Waals surface area contributed by atoms with Crippen LogP contribution in [-0.4, -0.2) is 43.1 Å². The van der Waals surface area contributed by atoms with Crippen LogP contribution >= 0.6 is 24.0 Å². The van der Waals surface area contributed by atoms with Gasteiger partial charge in [0.25, 0.3) is 0 Å². The second-order valence-electron chi connectivity index (χ2n) is 4.58. The first-order valence-corrected chi connectivity index (χ1v) is 7.21. The minimum Gasteiger partial charge on any atom is -0.478 e. The number of hydrogen-bond donors (Lipinski definition) is 1. The van der Waals surface area contributed by atoms with Crippen LogP contribution in [0.3, 0.4) is 0 Å². The Morgan fingerprint density at radius 2 is 2.19 bits per heavy atom. The first kappa shape index (κ1) is 19.9. The Bertz CT molecular complexity index is 426. The van der Waals surface area contributed by atoms with Crippen LogP contribution in [0.5, 0.6) is 5.88 Å². The van der Waals surface area contributed by atoms with E-state index in [4.69, 9.17) is 4.74 Å². The molecule has 0 saturated heterocycles. The molecule has 6 heteroatoms. The highest BCUT2D eigenvalue weighted by Crippen LogP contribution is 2.13. The number of pyridine rings is 1. The second-order valence-corrected chi connectivity index (χ2v) is 4.58. The Balaban J connectivity index is 0.00000400. The van der Waals surface area contributed by atoms with Crippen LogP contribution in [-0.2, 0) is 6.54 Å². The fourth-order valence-electron chi connectivity index (χ4n) is 1.89. The SMILES string of the molecule is CCCCN(C)C(=NC)NCc1cccnc1OCC.I. The first-order chi connectivity index (χ1) is 9.72. The number of nitrogens with zero attached hydrogens (tertiary/aromatic N) is 3. The van der Waals surface area contributed by atoms with Gasteiger partial charge in [0.05, 0.1) is 6.61 Å². The van der Waals surface area contributed by atoms with Crippen LogP contribution in [0.15, 0.2) is 23.3 Å². The van der Waals surface area contributed by atoms with Gasteiger partial charge in [-0.15, -0.1) is 24.0 Å². The van der Waals surface area contributed by atoms with Crippen molar-refractivity contribution >= 4 is 29.9 Å². The first-order valence-electron chi connectivity index (χ1n) is 7.21. The molecule has 0 spiro atoms. The zero-order valence-electron chi connectivity index (χ0n) is 13.4. The normalized spacial score (nSPS) is 10.8. The number of nitrogens with one attached hydrogen (secondary N) is 1. The lowest BCUT2D eigenvalue weighted by Crippen LogP contribution is -2.39. The van der Waals surface area contributed by atoms with Crippen molar-refractivity contribution in [2.45, 2.75) is 33.2 Å². The molecule has 0 aliphatic carbocycles. The summed E-state index contributed by atoms with van der Waals surface area (Å²) in [4.78, 5) is 10.7. The van der Waals surface area contributed by atoms with E-state index in [1.807, 2.05) is 19.1 Å². The van der Waals surface area contributed by atoms with Crippen molar-refractivity contribution in [2.24, 2.45) is 4.99 Å². The number of rotatable bonds is 7. The maximum atomic E-state index is 5.52. The Hall–Kier alpha value is -1.05. The molecule has 0 bridgehead atoms. The molecule has 1 heterocycles. The number of unbranched alkanes of at least 4 members (excludes halogenated alkanes) is 1. The van der Waals surface area contributed by atoms with Gasteiger partial charge in [0, 0.05) is 38.9 Å². The highest BCUT2D eigenvalue weighted by Gasteiger charge is 2.08. The van der Waals surface area contributed by atoms with Gasteiger partial charge in [-0.3, -0.25) is 4.99 Å². The summed E-state index contributed by atoms with van der Waals surface area (Å²) in [7, 11) is 3.86. The summed E-state index contributed by atoms with van der Waals surface area (Å²) in [5, 5.41) is 3.35. The van der Waals surface area contributed by atoms with Crippen molar-refractivity contribution in [2.75, 3.05) is 27.2 Å². The third-order valence-electron chi connectivity index (χ3n) is 2.99. The number of aromatic nitrogens is 1. The molecule has 1 aromatic rings. The molecule has 0 radical (unpaired) electrons. The number of ether oxygens (including phenoxy) is 1. The van der Waals surface area contributed by atoms with Crippen LogP contribution in [0.2, 0.25) is 0 Å². The zero-order valence-corrected chi connectivity index (χ0v) is 15.8. The summed E-state index contributed by atoms with van der Waals surface area (Å²) in [6.45, 7) is 6.43. The molecule has 0 saturated carbocycles. The predicted molar refractivity (Wildman–Crippen MR) is 98.6 cm³/mol. The van der Waals surface area contributed by atoms with Gasteiger partial charge < -0.3 is 15.0 Å². The van der Waals surface area contributed by atoms with Crippen molar-refractivity contribution in [1.82, 2.24) is 15.2 Å². The summed E-state index contributed by atoms with van der Waals surface area (Å²) in [5.74, 6) is 1.58. The lowest BCUT2D eigenvalue weighted by molar-refractivity contribution is 0.322. The van der Waals surface area contributed by atoms with Crippen LogP contribution in [0.4, 0.5) is 0 Å². The lowest BCUT2D eigenvalue weighted by Gasteiger charge is -2.22. The largest absolute Gasteiger partial charge is 0.478 e. The predicted octanol–water partition coefficient (Wildman–Crippen LogP) is 2.91. The standard InChI is InChI=1S/C15H26N4O.HI/c1-5-7-11-19(4)15(16-3)18-12-13-9-8-10-17-14(13)20-6-2;/h8-10H,5-7,11-12H2,1-4H3,(H,16,18);1H. The van der Waals surface area contributed by atoms with E-state index in [1.54, 1.807) is 13.2 Å². The van der Waals surface area contributed by atoms with Gasteiger partial charge in [0.1, 0.15) is 0 Å². The number of hydrogen-bond acceptors (Lipinski definition) is 3. The highest BCUT2D eigenvalue weighted by atomic mass is 127. The van der Waals surface area contributed by atoms with E-state index >= 15 is 0 Å². The van der Waals surface area contributed by atoms with E-state index in [-0.39, 0.29) is 24.0 Å². The minimum atomic E-state index is 0. The second kappa shape index (κ2) is 11.6. The summed E-state index contributed by atoms with van der Waals surface area (Å²) in [6, 6.07) is 3.94. The molecule has 1 rings (SSSR count). The van der Waals surface area contributed by atoms with Crippen LogP contribution in [0, 0.1) is 0 Å². The molecular weight excluding hydrogens is 379 g/mol. The van der Waals surface area contributed by atoms with Gasteiger partial charge in [-0.2, -0.15) is 0 Å². The van der Waals surface area contributed by atoms with E-state index in [0.717, 1.165) is 24.5 Å².